The molecule has 0 bridgehead atoms. The van der Waals surface area contributed by atoms with Crippen molar-refractivity contribution in [3.63, 3.8) is 0 Å². The third-order valence-corrected chi connectivity index (χ3v) is 7.41. The van der Waals surface area contributed by atoms with Crippen LogP contribution in [0.4, 0.5) is 13.2 Å². The molecule has 0 atom stereocenters. The lowest BCUT2D eigenvalue weighted by molar-refractivity contribution is -0.137. The molecule has 2 aromatic carbocycles. The number of carbonyl (C=O) groups excluding carboxylic acids is 1. The molecule has 8 heteroatoms. The number of benzene rings is 2. The van der Waals surface area contributed by atoms with Gasteiger partial charge in [-0.3, -0.25) is 14.6 Å². The summed E-state index contributed by atoms with van der Waals surface area (Å²) in [5, 5.41) is 0. The Balaban J connectivity index is 1.46. The van der Waals surface area contributed by atoms with Crippen LogP contribution in [0.1, 0.15) is 59.3 Å². The molecule has 210 valence electrons. The van der Waals surface area contributed by atoms with Gasteiger partial charge in [0, 0.05) is 44.8 Å². The summed E-state index contributed by atoms with van der Waals surface area (Å²) in [6.07, 6.45) is -1.18. The van der Waals surface area contributed by atoms with Gasteiger partial charge in [-0.15, -0.1) is 0 Å². The number of hydrogen-bond donors (Lipinski definition) is 0. The summed E-state index contributed by atoms with van der Waals surface area (Å²) in [4.78, 5) is 19.3. The van der Waals surface area contributed by atoms with Gasteiger partial charge in [0.05, 0.1) is 5.56 Å². The monoisotopic (exact) mass is 533 g/mol. The molecule has 1 aliphatic rings. The van der Waals surface area contributed by atoms with Crippen molar-refractivity contribution in [1.82, 2.24) is 14.7 Å². The number of rotatable bonds is 12. The van der Waals surface area contributed by atoms with Crippen LogP contribution in [0.15, 0.2) is 36.4 Å². The standard InChI is InChI=1S/C30H42F3N3O2/c1-5-14-34(15-6-2)21-22-38-28-12-9-25(23(3)24(28)4)13-16-35-17-19-36(20-18-35)29(37)26-7-10-27(11-8-26)30(31,32)33/h7-12H,5-6,13-22H2,1-4H3. The molecular weight excluding hydrogens is 491 g/mol. The third-order valence-electron chi connectivity index (χ3n) is 7.41. The first-order chi connectivity index (χ1) is 18.1. The highest BCUT2D eigenvalue weighted by Crippen LogP contribution is 2.29. The van der Waals surface area contributed by atoms with Gasteiger partial charge in [0.1, 0.15) is 12.4 Å². The zero-order chi connectivity index (χ0) is 27.7. The molecule has 1 fully saturated rings. The minimum atomic E-state index is -4.40. The van der Waals surface area contributed by atoms with Crippen molar-refractivity contribution >= 4 is 5.91 Å². The molecule has 0 radical (unpaired) electrons. The number of alkyl halides is 3. The van der Waals surface area contributed by atoms with Crippen molar-refractivity contribution in [1.29, 1.82) is 0 Å². The fourth-order valence-electron chi connectivity index (χ4n) is 4.97. The van der Waals surface area contributed by atoms with Crippen LogP contribution in [0, 0.1) is 13.8 Å². The Labute approximate surface area is 225 Å². The minimum Gasteiger partial charge on any atom is -0.492 e. The third kappa shape index (κ3) is 8.21. The Morgan fingerprint density at radius 3 is 2.11 bits per heavy atom. The zero-order valence-corrected chi connectivity index (χ0v) is 23.2. The lowest BCUT2D eigenvalue weighted by atomic mass is 9.99. The minimum absolute atomic E-state index is 0.215. The van der Waals surface area contributed by atoms with Crippen LogP contribution >= 0.6 is 0 Å². The molecule has 0 spiro atoms. The largest absolute Gasteiger partial charge is 0.492 e. The summed E-state index contributed by atoms with van der Waals surface area (Å²) in [6.45, 7) is 16.0. The van der Waals surface area contributed by atoms with Crippen molar-refractivity contribution in [2.75, 3.05) is 59.0 Å². The highest BCUT2D eigenvalue weighted by molar-refractivity contribution is 5.94. The Morgan fingerprint density at radius 1 is 0.895 bits per heavy atom. The van der Waals surface area contributed by atoms with E-state index in [9.17, 15) is 18.0 Å². The van der Waals surface area contributed by atoms with E-state index in [0.29, 0.717) is 25.3 Å². The highest BCUT2D eigenvalue weighted by Gasteiger charge is 2.30. The molecule has 1 aliphatic heterocycles. The van der Waals surface area contributed by atoms with E-state index < -0.39 is 11.7 Å². The van der Waals surface area contributed by atoms with Gasteiger partial charge in [-0.05, 0) is 93.2 Å². The predicted octanol–water partition coefficient (Wildman–Crippen LogP) is 5.82. The number of hydrogen-bond acceptors (Lipinski definition) is 4. The molecule has 5 nitrogen and oxygen atoms in total. The van der Waals surface area contributed by atoms with E-state index in [1.54, 1.807) is 4.90 Å². The molecule has 1 saturated heterocycles. The van der Waals surface area contributed by atoms with E-state index in [-0.39, 0.29) is 5.91 Å². The summed E-state index contributed by atoms with van der Waals surface area (Å²) in [5.41, 5.74) is 3.30. The molecule has 1 amide bonds. The first-order valence-corrected chi connectivity index (χ1v) is 13.8. The van der Waals surface area contributed by atoms with Crippen molar-refractivity contribution in [2.45, 2.75) is 53.1 Å². The van der Waals surface area contributed by atoms with Crippen molar-refractivity contribution in [3.8, 4) is 5.75 Å². The average molecular weight is 534 g/mol. The van der Waals surface area contributed by atoms with E-state index in [2.05, 4.69) is 49.6 Å². The van der Waals surface area contributed by atoms with Crippen LogP contribution in [-0.4, -0.2) is 79.6 Å². The summed E-state index contributed by atoms with van der Waals surface area (Å²) < 4.78 is 44.5. The number of ether oxygens (including phenoxy) is 1. The van der Waals surface area contributed by atoms with E-state index in [1.165, 1.54) is 28.8 Å². The maximum Gasteiger partial charge on any atom is 0.416 e. The van der Waals surface area contributed by atoms with Gasteiger partial charge in [0.2, 0.25) is 0 Å². The molecule has 2 aromatic rings. The first kappa shape index (κ1) is 30.0. The maximum atomic E-state index is 12.8. The Morgan fingerprint density at radius 2 is 1.53 bits per heavy atom. The summed E-state index contributed by atoms with van der Waals surface area (Å²) in [6, 6.07) is 8.72. The molecule has 38 heavy (non-hydrogen) atoms. The van der Waals surface area contributed by atoms with Crippen molar-refractivity contribution in [2.24, 2.45) is 0 Å². The summed E-state index contributed by atoms with van der Waals surface area (Å²) in [7, 11) is 0. The molecule has 0 N–H and O–H groups in total. The SMILES string of the molecule is CCCN(CCC)CCOc1ccc(CCN2CCN(C(=O)c3ccc(C(F)(F)F)cc3)CC2)c(C)c1C. The van der Waals surface area contributed by atoms with E-state index >= 15 is 0 Å². The topological polar surface area (TPSA) is 36.0 Å². The fraction of sp³-hybridized carbons (Fsp3) is 0.567. The lowest BCUT2D eigenvalue weighted by Gasteiger charge is -2.35. The van der Waals surface area contributed by atoms with Gasteiger partial charge in [-0.25, -0.2) is 0 Å². The number of nitrogens with zero attached hydrogens (tertiary/aromatic N) is 3. The fourth-order valence-corrected chi connectivity index (χ4v) is 4.97. The second kappa shape index (κ2) is 14.0. The van der Waals surface area contributed by atoms with Gasteiger partial charge in [-0.1, -0.05) is 19.9 Å². The van der Waals surface area contributed by atoms with Gasteiger partial charge in [-0.2, -0.15) is 13.2 Å². The molecule has 0 saturated carbocycles. The Kier molecular flexibility index (Phi) is 11.0. The lowest BCUT2D eigenvalue weighted by Crippen LogP contribution is -2.49. The van der Waals surface area contributed by atoms with Crippen LogP contribution in [0.3, 0.4) is 0 Å². The summed E-state index contributed by atoms with van der Waals surface area (Å²) >= 11 is 0. The second-order valence-corrected chi connectivity index (χ2v) is 10.1. The van der Waals surface area contributed by atoms with Crippen molar-refractivity contribution < 1.29 is 22.7 Å². The van der Waals surface area contributed by atoms with Gasteiger partial charge in [0.15, 0.2) is 0 Å². The molecular formula is C30H42F3N3O2. The van der Waals surface area contributed by atoms with Gasteiger partial charge in [0.25, 0.3) is 5.91 Å². The number of halogens is 3. The van der Waals surface area contributed by atoms with E-state index in [4.69, 9.17) is 4.74 Å². The van der Waals surface area contributed by atoms with Crippen molar-refractivity contribution in [3.05, 3.63) is 64.2 Å². The molecule has 3 rings (SSSR count). The molecule has 0 aliphatic carbocycles. The summed E-state index contributed by atoms with van der Waals surface area (Å²) in [5.74, 6) is 0.738. The normalized spacial score (nSPS) is 14.8. The van der Waals surface area contributed by atoms with Crippen LogP contribution < -0.4 is 4.74 Å². The second-order valence-electron chi connectivity index (χ2n) is 10.1. The maximum absolute atomic E-state index is 12.8. The van der Waals surface area contributed by atoms with Crippen LogP contribution in [0.5, 0.6) is 5.75 Å². The van der Waals surface area contributed by atoms with E-state index in [0.717, 1.165) is 76.4 Å². The predicted molar refractivity (Wildman–Crippen MR) is 146 cm³/mol. The van der Waals surface area contributed by atoms with Crippen LogP contribution in [0.25, 0.3) is 0 Å². The van der Waals surface area contributed by atoms with Gasteiger partial charge < -0.3 is 9.64 Å². The van der Waals surface area contributed by atoms with Gasteiger partial charge >= 0.3 is 6.18 Å². The first-order valence-electron chi connectivity index (χ1n) is 13.8. The van der Waals surface area contributed by atoms with E-state index in [1.807, 2.05) is 0 Å². The average Bonchev–Trinajstić information content (AvgIpc) is 2.90. The number of piperazine rings is 1. The van der Waals surface area contributed by atoms with Crippen LogP contribution in [0.2, 0.25) is 0 Å². The Hall–Kier alpha value is -2.58. The molecule has 0 aromatic heterocycles. The quantitative estimate of drug-likeness (QED) is 0.344. The van der Waals surface area contributed by atoms with Crippen LogP contribution in [-0.2, 0) is 12.6 Å². The number of carbonyl (C=O) groups is 1. The Bertz CT molecular complexity index is 1030. The smallest absolute Gasteiger partial charge is 0.416 e. The zero-order valence-electron chi connectivity index (χ0n) is 23.2. The number of amides is 1. The molecule has 1 heterocycles. The molecule has 0 unspecified atom stereocenters. The highest BCUT2D eigenvalue weighted by atomic mass is 19.4.